The number of hydrogen-bond acceptors (Lipinski definition) is 4. The Morgan fingerprint density at radius 1 is 1.47 bits per heavy atom. The zero-order valence-electron chi connectivity index (χ0n) is 9.93. The summed E-state index contributed by atoms with van der Waals surface area (Å²) in [6.07, 6.45) is 2.53. The molecule has 0 aliphatic rings. The highest BCUT2D eigenvalue weighted by Gasteiger charge is 2.20. The lowest BCUT2D eigenvalue weighted by atomic mass is 10.1. The summed E-state index contributed by atoms with van der Waals surface area (Å²) in [6, 6.07) is 4.91. The molecule has 0 radical (unpaired) electrons. The fraction of sp³-hybridized carbons (Fsp3) is 0.545. The molecule has 0 amide bonds. The Kier molecular flexibility index (Phi) is 5.12. The Labute approximate surface area is 106 Å². The van der Waals surface area contributed by atoms with Gasteiger partial charge < -0.3 is 0 Å². The minimum atomic E-state index is -3.47. The van der Waals surface area contributed by atoms with Gasteiger partial charge in [-0.05, 0) is 25.0 Å². The third-order valence-electron chi connectivity index (χ3n) is 2.41. The summed E-state index contributed by atoms with van der Waals surface area (Å²) in [5, 5.41) is 8.67. The van der Waals surface area contributed by atoms with E-state index < -0.39 is 10.0 Å². The lowest BCUT2D eigenvalue weighted by molar-refractivity contribution is 0.513. The summed E-state index contributed by atoms with van der Waals surface area (Å²) >= 11 is 0.999. The van der Waals surface area contributed by atoms with Gasteiger partial charge in [-0.1, -0.05) is 20.3 Å². The van der Waals surface area contributed by atoms with Crippen LogP contribution in [-0.2, 0) is 10.0 Å². The largest absolute Gasteiger partial charge is 0.250 e. The van der Waals surface area contributed by atoms with Crippen LogP contribution in [0.5, 0.6) is 0 Å². The minimum absolute atomic E-state index is 0.0300. The highest BCUT2D eigenvalue weighted by atomic mass is 32.2. The number of nitriles is 1. The molecule has 0 spiro atoms. The predicted molar refractivity (Wildman–Crippen MR) is 68.3 cm³/mol. The van der Waals surface area contributed by atoms with Gasteiger partial charge in [-0.2, -0.15) is 5.26 Å². The van der Waals surface area contributed by atoms with Gasteiger partial charge >= 0.3 is 0 Å². The summed E-state index contributed by atoms with van der Waals surface area (Å²) in [7, 11) is -3.47. The number of nitrogens with zero attached hydrogens (tertiary/aromatic N) is 1. The van der Waals surface area contributed by atoms with Crippen LogP contribution >= 0.6 is 11.3 Å². The number of sulfonamides is 1. The number of hydrogen-bond donors (Lipinski definition) is 1. The van der Waals surface area contributed by atoms with Crippen molar-refractivity contribution in [1.82, 2.24) is 4.72 Å². The smallest absolute Gasteiger partial charge is 0.207 e. The molecule has 1 N–H and O–H groups in total. The van der Waals surface area contributed by atoms with Gasteiger partial charge in [-0.3, -0.25) is 0 Å². The van der Waals surface area contributed by atoms with Gasteiger partial charge in [0.1, 0.15) is 15.2 Å². The minimum Gasteiger partial charge on any atom is -0.207 e. The molecule has 1 atom stereocenters. The quantitative estimate of drug-likeness (QED) is 0.865. The fourth-order valence-electron chi connectivity index (χ4n) is 1.50. The second kappa shape index (κ2) is 6.15. The normalized spacial score (nSPS) is 13.2. The van der Waals surface area contributed by atoms with Crippen LogP contribution in [0.1, 0.15) is 38.0 Å². The van der Waals surface area contributed by atoms with E-state index in [1.807, 2.05) is 19.9 Å². The monoisotopic (exact) mass is 272 g/mol. The molecule has 94 valence electrons. The standard InChI is InChI=1S/C11H16N2O2S2/c1-3-5-9(4-2)13-17(14,15)11-7-6-10(8-12)16-11/h6-7,9,13H,3-5H2,1-2H3. The summed E-state index contributed by atoms with van der Waals surface area (Å²) in [6.45, 7) is 3.98. The third-order valence-corrected chi connectivity index (χ3v) is 5.41. The Morgan fingerprint density at radius 3 is 2.65 bits per heavy atom. The second-order valence-corrected chi connectivity index (χ2v) is 6.77. The van der Waals surface area contributed by atoms with Gasteiger partial charge in [0.25, 0.3) is 0 Å². The first-order valence-corrected chi connectivity index (χ1v) is 7.85. The van der Waals surface area contributed by atoms with Crippen molar-refractivity contribution < 1.29 is 8.42 Å². The SMILES string of the molecule is CCCC(CC)NS(=O)(=O)c1ccc(C#N)s1. The Bertz CT molecular complexity index is 500. The first-order chi connectivity index (χ1) is 8.03. The molecule has 1 unspecified atom stereocenters. The molecule has 0 saturated heterocycles. The van der Waals surface area contributed by atoms with Gasteiger partial charge in [-0.25, -0.2) is 13.1 Å². The van der Waals surface area contributed by atoms with Crippen LogP contribution in [0.15, 0.2) is 16.3 Å². The summed E-state index contributed by atoms with van der Waals surface area (Å²) < 4.78 is 26.9. The number of rotatable bonds is 6. The van der Waals surface area contributed by atoms with Crippen molar-refractivity contribution >= 4 is 21.4 Å². The highest BCUT2D eigenvalue weighted by Crippen LogP contribution is 2.21. The van der Waals surface area contributed by atoms with Crippen LogP contribution in [0, 0.1) is 11.3 Å². The van der Waals surface area contributed by atoms with E-state index in [9.17, 15) is 8.42 Å². The first-order valence-electron chi connectivity index (χ1n) is 5.55. The van der Waals surface area contributed by atoms with E-state index in [0.717, 1.165) is 30.6 Å². The van der Waals surface area contributed by atoms with Gasteiger partial charge in [0.2, 0.25) is 10.0 Å². The maximum absolute atomic E-state index is 12.0. The van der Waals surface area contributed by atoms with Gasteiger partial charge in [0, 0.05) is 6.04 Å². The van der Waals surface area contributed by atoms with Crippen molar-refractivity contribution in [2.75, 3.05) is 0 Å². The highest BCUT2D eigenvalue weighted by molar-refractivity contribution is 7.91. The van der Waals surface area contributed by atoms with E-state index in [1.165, 1.54) is 12.1 Å². The summed E-state index contributed by atoms with van der Waals surface area (Å²) in [5.74, 6) is 0. The van der Waals surface area contributed by atoms with Crippen LogP contribution in [0.25, 0.3) is 0 Å². The first kappa shape index (κ1) is 14.2. The zero-order chi connectivity index (χ0) is 12.9. The van der Waals surface area contributed by atoms with E-state index in [2.05, 4.69) is 4.72 Å². The second-order valence-electron chi connectivity index (χ2n) is 3.75. The summed E-state index contributed by atoms with van der Waals surface area (Å²) in [4.78, 5) is 0.411. The molecule has 1 aromatic rings. The average Bonchev–Trinajstić information content (AvgIpc) is 2.77. The molecule has 0 aromatic carbocycles. The molecule has 1 aromatic heterocycles. The Hall–Kier alpha value is -0.900. The molecule has 17 heavy (non-hydrogen) atoms. The van der Waals surface area contributed by atoms with Crippen molar-refractivity contribution in [3.05, 3.63) is 17.0 Å². The van der Waals surface area contributed by atoms with E-state index >= 15 is 0 Å². The van der Waals surface area contributed by atoms with Gasteiger partial charge in [0.15, 0.2) is 0 Å². The molecule has 6 heteroatoms. The number of nitrogens with one attached hydrogen (secondary N) is 1. The van der Waals surface area contributed by atoms with Gasteiger partial charge in [-0.15, -0.1) is 11.3 Å². The molecular weight excluding hydrogens is 256 g/mol. The maximum atomic E-state index is 12.0. The molecule has 1 rings (SSSR count). The van der Waals surface area contributed by atoms with Crippen LogP contribution in [0.3, 0.4) is 0 Å². The molecule has 0 saturated carbocycles. The van der Waals surface area contributed by atoms with E-state index in [4.69, 9.17) is 5.26 Å². The molecule has 1 heterocycles. The molecule has 0 bridgehead atoms. The van der Waals surface area contributed by atoms with E-state index in [-0.39, 0.29) is 10.3 Å². The molecular formula is C11H16N2O2S2. The van der Waals surface area contributed by atoms with E-state index in [0.29, 0.717) is 4.88 Å². The maximum Gasteiger partial charge on any atom is 0.250 e. The van der Waals surface area contributed by atoms with Crippen LogP contribution < -0.4 is 4.72 Å². The number of thiophene rings is 1. The van der Waals surface area contributed by atoms with Crippen LogP contribution in [0.2, 0.25) is 0 Å². The third kappa shape index (κ3) is 3.80. The molecule has 4 nitrogen and oxygen atoms in total. The van der Waals surface area contributed by atoms with Crippen molar-refractivity contribution in [1.29, 1.82) is 5.26 Å². The molecule has 0 aliphatic carbocycles. The lowest BCUT2D eigenvalue weighted by Gasteiger charge is -2.15. The van der Waals surface area contributed by atoms with Gasteiger partial charge in [0.05, 0.1) is 0 Å². The Balaban J connectivity index is 2.84. The van der Waals surface area contributed by atoms with Crippen molar-refractivity contribution in [2.24, 2.45) is 0 Å². The van der Waals surface area contributed by atoms with E-state index in [1.54, 1.807) is 0 Å². The van der Waals surface area contributed by atoms with Crippen molar-refractivity contribution in [2.45, 2.75) is 43.4 Å². The fourth-order valence-corrected chi connectivity index (χ4v) is 3.97. The van der Waals surface area contributed by atoms with Crippen molar-refractivity contribution in [3.63, 3.8) is 0 Å². The lowest BCUT2D eigenvalue weighted by Crippen LogP contribution is -2.33. The Morgan fingerprint density at radius 2 is 2.18 bits per heavy atom. The van der Waals surface area contributed by atoms with Crippen LogP contribution in [0.4, 0.5) is 0 Å². The average molecular weight is 272 g/mol. The molecule has 0 aliphatic heterocycles. The van der Waals surface area contributed by atoms with Crippen molar-refractivity contribution in [3.8, 4) is 6.07 Å². The summed E-state index contributed by atoms with van der Waals surface area (Å²) in [5.41, 5.74) is 0. The van der Waals surface area contributed by atoms with Crippen LogP contribution in [-0.4, -0.2) is 14.5 Å². The zero-order valence-corrected chi connectivity index (χ0v) is 11.6. The topological polar surface area (TPSA) is 70.0 Å². The predicted octanol–water partition coefficient (Wildman–Crippen LogP) is 2.48. The molecule has 0 fully saturated rings.